The minimum Gasteiger partial charge on any atom is -0.453 e. The topological polar surface area (TPSA) is 92.8 Å². The highest BCUT2D eigenvalue weighted by atomic mass is 35.5. The van der Waals surface area contributed by atoms with Crippen LogP contribution < -0.4 is 10.1 Å². The van der Waals surface area contributed by atoms with Gasteiger partial charge in [-0.2, -0.15) is 5.26 Å². The molecule has 0 atom stereocenters. The summed E-state index contributed by atoms with van der Waals surface area (Å²) < 4.78 is 7.29. The van der Waals surface area contributed by atoms with Crippen molar-refractivity contribution < 1.29 is 9.53 Å². The van der Waals surface area contributed by atoms with E-state index >= 15 is 0 Å². The fourth-order valence-corrected chi connectivity index (χ4v) is 3.49. The van der Waals surface area contributed by atoms with Gasteiger partial charge < -0.3 is 10.1 Å². The van der Waals surface area contributed by atoms with Crippen molar-refractivity contribution in [2.24, 2.45) is 0 Å². The molecule has 0 aliphatic heterocycles. The van der Waals surface area contributed by atoms with E-state index in [1.807, 2.05) is 6.07 Å². The highest BCUT2D eigenvalue weighted by Gasteiger charge is 2.17. The van der Waals surface area contributed by atoms with Crippen molar-refractivity contribution in [2.45, 2.75) is 6.54 Å². The predicted octanol–water partition coefficient (Wildman–Crippen LogP) is 5.69. The molecule has 0 saturated heterocycles. The zero-order chi connectivity index (χ0) is 22.0. The van der Waals surface area contributed by atoms with Gasteiger partial charge >= 0.3 is 0 Å². The Morgan fingerprint density at radius 3 is 2.68 bits per heavy atom. The van der Waals surface area contributed by atoms with Crippen LogP contribution in [-0.2, 0) is 11.3 Å². The molecule has 1 aromatic heterocycles. The van der Waals surface area contributed by atoms with Gasteiger partial charge in [0.1, 0.15) is 12.3 Å². The van der Waals surface area contributed by atoms with Gasteiger partial charge in [0.15, 0.2) is 11.3 Å². The molecule has 0 unspecified atom stereocenters. The number of benzene rings is 3. The first-order valence-corrected chi connectivity index (χ1v) is 10.0. The van der Waals surface area contributed by atoms with Crippen molar-refractivity contribution in [1.82, 2.24) is 15.0 Å². The van der Waals surface area contributed by atoms with Crippen LogP contribution in [0.2, 0.25) is 15.1 Å². The van der Waals surface area contributed by atoms with E-state index in [1.165, 1.54) is 16.8 Å². The maximum Gasteiger partial charge on any atom is 0.246 e. The molecule has 0 saturated carbocycles. The predicted molar refractivity (Wildman–Crippen MR) is 119 cm³/mol. The van der Waals surface area contributed by atoms with Gasteiger partial charge in [-0.25, -0.2) is 4.68 Å². The van der Waals surface area contributed by atoms with E-state index in [0.29, 0.717) is 43.1 Å². The first kappa shape index (κ1) is 20.9. The van der Waals surface area contributed by atoms with Gasteiger partial charge in [0, 0.05) is 5.02 Å². The summed E-state index contributed by atoms with van der Waals surface area (Å²) in [5.74, 6) is 0.235. The van der Waals surface area contributed by atoms with Crippen molar-refractivity contribution in [3.8, 4) is 17.6 Å². The maximum atomic E-state index is 12.5. The average molecular weight is 473 g/mol. The maximum absolute atomic E-state index is 12.5. The molecule has 10 heteroatoms. The molecule has 1 amide bonds. The van der Waals surface area contributed by atoms with Crippen molar-refractivity contribution in [2.75, 3.05) is 5.32 Å². The molecule has 31 heavy (non-hydrogen) atoms. The van der Waals surface area contributed by atoms with Gasteiger partial charge in [0.2, 0.25) is 5.91 Å². The summed E-state index contributed by atoms with van der Waals surface area (Å²) in [4.78, 5) is 12.5. The second kappa shape index (κ2) is 8.82. The van der Waals surface area contributed by atoms with Gasteiger partial charge in [-0.15, -0.1) is 5.10 Å². The highest BCUT2D eigenvalue weighted by molar-refractivity contribution is 6.34. The van der Waals surface area contributed by atoms with E-state index in [9.17, 15) is 4.79 Å². The van der Waals surface area contributed by atoms with Crippen LogP contribution >= 0.6 is 34.8 Å². The Kier molecular flexibility index (Phi) is 5.96. The number of ether oxygens (including phenoxy) is 1. The van der Waals surface area contributed by atoms with Gasteiger partial charge in [0.25, 0.3) is 0 Å². The third-order valence-corrected chi connectivity index (χ3v) is 5.10. The molecule has 154 valence electrons. The summed E-state index contributed by atoms with van der Waals surface area (Å²) in [6.07, 6.45) is 0. The molecule has 7 nitrogen and oxygen atoms in total. The Labute approximate surface area is 191 Å². The second-order valence-electron chi connectivity index (χ2n) is 6.41. The molecular weight excluding hydrogens is 461 g/mol. The molecule has 1 heterocycles. The highest BCUT2D eigenvalue weighted by Crippen LogP contribution is 2.36. The van der Waals surface area contributed by atoms with Crippen LogP contribution in [0, 0.1) is 11.3 Å². The molecule has 0 aliphatic rings. The second-order valence-corrected chi connectivity index (χ2v) is 7.66. The fourth-order valence-electron chi connectivity index (χ4n) is 2.89. The summed E-state index contributed by atoms with van der Waals surface area (Å²) in [6.45, 7) is -0.0987. The molecule has 3 aromatic carbocycles. The van der Waals surface area contributed by atoms with E-state index in [2.05, 4.69) is 15.6 Å². The first-order chi connectivity index (χ1) is 14.9. The van der Waals surface area contributed by atoms with E-state index in [0.717, 1.165) is 0 Å². The van der Waals surface area contributed by atoms with E-state index < -0.39 is 0 Å². The number of halogens is 3. The third kappa shape index (κ3) is 4.57. The molecule has 1 N–H and O–H groups in total. The number of anilines is 1. The third-order valence-electron chi connectivity index (χ3n) is 4.25. The minimum atomic E-state index is -0.328. The Bertz CT molecular complexity index is 1350. The number of para-hydroxylation sites is 1. The van der Waals surface area contributed by atoms with Crippen LogP contribution in [0.5, 0.6) is 11.5 Å². The van der Waals surface area contributed by atoms with Crippen LogP contribution in [-0.4, -0.2) is 20.9 Å². The summed E-state index contributed by atoms with van der Waals surface area (Å²) in [5, 5.41) is 21.1. The summed E-state index contributed by atoms with van der Waals surface area (Å²) in [5.41, 5.74) is 1.73. The monoisotopic (exact) mass is 471 g/mol. The number of nitrogens with one attached hydrogen (secondary N) is 1. The summed E-state index contributed by atoms with van der Waals surface area (Å²) >= 11 is 18.4. The van der Waals surface area contributed by atoms with Crippen LogP contribution in [0.25, 0.3) is 11.0 Å². The molecule has 4 aromatic rings. The smallest absolute Gasteiger partial charge is 0.246 e. The largest absolute Gasteiger partial charge is 0.453 e. The van der Waals surface area contributed by atoms with Crippen molar-refractivity contribution in [3.05, 3.63) is 75.2 Å². The number of nitriles is 1. The molecule has 0 radical (unpaired) electrons. The lowest BCUT2D eigenvalue weighted by Crippen LogP contribution is -2.19. The van der Waals surface area contributed by atoms with Gasteiger partial charge in [-0.1, -0.05) is 52.1 Å². The number of hydrogen-bond acceptors (Lipinski definition) is 5. The van der Waals surface area contributed by atoms with Crippen molar-refractivity contribution >= 4 is 57.4 Å². The van der Waals surface area contributed by atoms with E-state index in [4.69, 9.17) is 44.8 Å². The number of carbonyl (C=O) groups is 1. The molecule has 0 bridgehead atoms. The number of rotatable bonds is 5. The van der Waals surface area contributed by atoms with E-state index in [1.54, 1.807) is 42.5 Å². The molecule has 0 spiro atoms. The normalized spacial score (nSPS) is 10.6. The molecule has 4 rings (SSSR count). The van der Waals surface area contributed by atoms with Crippen molar-refractivity contribution in [3.63, 3.8) is 0 Å². The molecule has 0 fully saturated rings. The van der Waals surface area contributed by atoms with E-state index in [-0.39, 0.29) is 18.2 Å². The number of fused-ring (bicyclic) bond motifs is 1. The van der Waals surface area contributed by atoms with Crippen molar-refractivity contribution in [1.29, 1.82) is 5.26 Å². The zero-order valence-corrected chi connectivity index (χ0v) is 17.9. The lowest BCUT2D eigenvalue weighted by Gasteiger charge is -2.10. The summed E-state index contributed by atoms with van der Waals surface area (Å²) in [7, 11) is 0. The van der Waals surface area contributed by atoms with Crippen LogP contribution in [0.15, 0.2) is 54.6 Å². The van der Waals surface area contributed by atoms with Gasteiger partial charge in [-0.3, -0.25) is 4.79 Å². The first-order valence-electron chi connectivity index (χ1n) is 8.89. The lowest BCUT2D eigenvalue weighted by molar-refractivity contribution is -0.116. The van der Waals surface area contributed by atoms with Gasteiger partial charge in [-0.05, 0) is 42.5 Å². The van der Waals surface area contributed by atoms with Gasteiger partial charge in [0.05, 0.1) is 32.9 Å². The van der Waals surface area contributed by atoms with Crippen LogP contribution in [0.4, 0.5) is 5.69 Å². The lowest BCUT2D eigenvalue weighted by atomic mass is 10.2. The molecule has 0 aliphatic carbocycles. The number of amides is 1. The number of carbonyl (C=O) groups excluding carboxylic acids is 1. The summed E-state index contributed by atoms with van der Waals surface area (Å²) in [6, 6.07) is 16.8. The quantitative estimate of drug-likeness (QED) is 0.402. The zero-order valence-electron chi connectivity index (χ0n) is 15.6. The Morgan fingerprint density at radius 2 is 1.90 bits per heavy atom. The molecular formula is C21H12Cl3N5O2. The number of nitrogens with zero attached hydrogens (tertiary/aromatic N) is 4. The number of aromatic nitrogens is 3. The minimum absolute atomic E-state index is 0.0987. The fraction of sp³-hybridized carbons (Fsp3) is 0.0476. The average Bonchev–Trinajstić information content (AvgIpc) is 3.14. The van der Waals surface area contributed by atoms with Crippen LogP contribution in [0.3, 0.4) is 0 Å². The standard InChI is InChI=1S/C21H12Cl3N5O2/c22-13-7-12(10-25)8-14(9-13)31-21-16(24)5-6-18-20(21)27-28-29(18)11-19(30)26-17-4-2-1-3-15(17)23/h1-9H,11H2,(H,26,30). The number of hydrogen-bond donors (Lipinski definition) is 1. The Morgan fingerprint density at radius 1 is 1.10 bits per heavy atom. The Balaban J connectivity index is 1.62. The van der Waals surface area contributed by atoms with Crippen LogP contribution in [0.1, 0.15) is 5.56 Å². The SMILES string of the molecule is N#Cc1cc(Cl)cc(Oc2c(Cl)ccc3c2nnn3CC(=O)Nc2ccccc2Cl)c1. The Hall–Kier alpha value is -3.31.